The molecule has 4 heteroatoms. The molecule has 0 saturated heterocycles. The van der Waals surface area contributed by atoms with Crippen molar-refractivity contribution in [3.63, 3.8) is 0 Å². The van der Waals surface area contributed by atoms with Crippen LogP contribution in [0.25, 0.3) is 61.4 Å². The summed E-state index contributed by atoms with van der Waals surface area (Å²) in [4.78, 5) is 11.3. The fourth-order valence-electron chi connectivity index (χ4n) is 9.64. The van der Waals surface area contributed by atoms with Gasteiger partial charge in [-0.15, -0.1) is 0 Å². The number of hydrogen-bond acceptors (Lipinski definition) is 2. The Bertz CT molecular complexity index is 2870. The Kier molecular flexibility index (Phi) is 6.48. The molecule has 0 bridgehead atoms. The van der Waals surface area contributed by atoms with Gasteiger partial charge in [0.15, 0.2) is 0 Å². The second-order valence-electron chi connectivity index (χ2n) is 14.9. The average Bonchev–Trinajstić information content (AvgIpc) is 3.80. The van der Waals surface area contributed by atoms with Crippen molar-refractivity contribution in [2.45, 2.75) is 19.3 Å². The Balaban J connectivity index is 1.36. The first-order valence-electron chi connectivity index (χ1n) is 18.4. The van der Waals surface area contributed by atoms with E-state index in [1.165, 1.54) is 61.7 Å². The van der Waals surface area contributed by atoms with Crippen LogP contribution >= 0.6 is 0 Å². The van der Waals surface area contributed by atoms with Gasteiger partial charge >= 0.3 is 313 Å². The minimum atomic E-state index is -3.77. The molecule has 0 atom stereocenters. The van der Waals surface area contributed by atoms with E-state index in [2.05, 4.69) is 194 Å². The third-order valence-corrected chi connectivity index (χ3v) is 22.1. The molecule has 0 radical (unpaired) electrons. The van der Waals surface area contributed by atoms with Gasteiger partial charge in [-0.05, 0) is 0 Å². The molecule has 7 aromatic carbocycles. The Hall–Kier alpha value is -6.04. The van der Waals surface area contributed by atoms with Crippen LogP contribution in [0.5, 0.6) is 0 Å². The van der Waals surface area contributed by atoms with Gasteiger partial charge in [0.05, 0.1) is 0 Å². The van der Waals surface area contributed by atoms with Crippen molar-refractivity contribution in [2.75, 3.05) is 0 Å². The molecule has 1 aliphatic carbocycles. The molecule has 0 spiro atoms. The molecule has 2 aromatic heterocycles. The number of nitrogens with zero attached hydrogens (tertiary/aromatic N) is 3. The summed E-state index contributed by atoms with van der Waals surface area (Å²) in [7, 11) is 0. The summed E-state index contributed by atoms with van der Waals surface area (Å²) in [6.45, 7) is 4.73. The maximum atomic E-state index is 5.75. The molecule has 0 fully saturated rings. The quantitative estimate of drug-likeness (QED) is 0.169. The van der Waals surface area contributed by atoms with Gasteiger partial charge in [-0.3, -0.25) is 0 Å². The number of para-hydroxylation sites is 1. The number of fused-ring (bicyclic) bond motifs is 10. The molecule has 250 valence electrons. The van der Waals surface area contributed by atoms with Crippen molar-refractivity contribution in [1.82, 2.24) is 14.5 Å². The first kappa shape index (κ1) is 30.6. The van der Waals surface area contributed by atoms with Gasteiger partial charge in [0, 0.05) is 0 Å². The molecule has 53 heavy (non-hydrogen) atoms. The molecular weight excluding hydrogens is 703 g/mol. The monoisotopic (exact) mass is 739 g/mol. The van der Waals surface area contributed by atoms with E-state index in [0.717, 1.165) is 28.4 Å². The van der Waals surface area contributed by atoms with E-state index in [1.807, 2.05) is 0 Å². The number of hydrogen-bond donors (Lipinski definition) is 0. The number of rotatable bonds is 4. The van der Waals surface area contributed by atoms with Crippen LogP contribution in [0.4, 0.5) is 0 Å². The Morgan fingerprint density at radius 2 is 1.11 bits per heavy atom. The van der Waals surface area contributed by atoms with Crippen molar-refractivity contribution in [1.29, 1.82) is 0 Å². The summed E-state index contributed by atoms with van der Waals surface area (Å²) in [5.74, 6) is 1.72. The number of benzene rings is 7. The maximum absolute atomic E-state index is 5.75. The SMILES string of the molecule is CC1(C)c2ccccc2-c2c1ccc1c2c2ccccc2n1-c1nc(-c2ccccc2)nc2[c]1[Ge]([c]1ccccc1)([c]1ccccc1)[c]1ccccc1-2. The van der Waals surface area contributed by atoms with Crippen LogP contribution in [0, 0.1) is 0 Å². The second kappa shape index (κ2) is 11.2. The Labute approximate surface area is 311 Å². The number of aromatic nitrogens is 3. The van der Waals surface area contributed by atoms with Crippen molar-refractivity contribution >= 4 is 52.7 Å². The van der Waals surface area contributed by atoms with Gasteiger partial charge in [-0.1, -0.05) is 0 Å². The van der Waals surface area contributed by atoms with Crippen LogP contribution in [-0.4, -0.2) is 27.8 Å². The summed E-state index contributed by atoms with van der Waals surface area (Å²) in [6, 6.07) is 64.7. The van der Waals surface area contributed by atoms with Crippen molar-refractivity contribution in [2.24, 2.45) is 0 Å². The minimum absolute atomic E-state index is 0.104. The van der Waals surface area contributed by atoms with Gasteiger partial charge in [0.1, 0.15) is 0 Å². The van der Waals surface area contributed by atoms with E-state index in [-0.39, 0.29) is 5.41 Å². The van der Waals surface area contributed by atoms with Crippen LogP contribution in [0.1, 0.15) is 25.0 Å². The van der Waals surface area contributed by atoms with Crippen LogP contribution in [0.15, 0.2) is 176 Å². The van der Waals surface area contributed by atoms with Gasteiger partial charge in [0.2, 0.25) is 0 Å². The molecule has 1 aliphatic heterocycles. The molecule has 2 aliphatic rings. The summed E-state index contributed by atoms with van der Waals surface area (Å²) in [5.41, 5.74) is 10.9. The first-order chi connectivity index (χ1) is 26.1. The fraction of sp³-hybridized carbons (Fsp3) is 0.0612. The molecule has 3 nitrogen and oxygen atoms in total. The van der Waals surface area contributed by atoms with Gasteiger partial charge in [0.25, 0.3) is 0 Å². The first-order valence-corrected chi connectivity index (χ1v) is 22.6. The molecule has 0 N–H and O–H groups in total. The standard InChI is InChI=1S/C49H35GeN3/c1-49(2)38-27-15-12-24-35(38)43-39(49)30-31-42-44(43)37-26-14-17-29-41(37)53(42)48-45-46(51-47(52-48)32-18-6-3-7-19-32)36-25-13-16-28-40(36)50(45,33-20-8-4-9-21-33)34-22-10-5-11-23-34/h3-31H,1-2H3. The van der Waals surface area contributed by atoms with E-state index < -0.39 is 13.3 Å². The summed E-state index contributed by atoms with van der Waals surface area (Å²) < 4.78 is 7.92. The van der Waals surface area contributed by atoms with Gasteiger partial charge in [-0.2, -0.15) is 0 Å². The van der Waals surface area contributed by atoms with E-state index in [0.29, 0.717) is 0 Å². The molecule has 11 rings (SSSR count). The zero-order chi connectivity index (χ0) is 35.3. The summed E-state index contributed by atoms with van der Waals surface area (Å²) >= 11 is -3.77. The molecule has 0 unspecified atom stereocenters. The summed E-state index contributed by atoms with van der Waals surface area (Å²) in [6.07, 6.45) is 0. The average molecular weight is 738 g/mol. The molecular formula is C49H35GeN3. The van der Waals surface area contributed by atoms with E-state index in [1.54, 1.807) is 0 Å². The van der Waals surface area contributed by atoms with Crippen LogP contribution in [0.3, 0.4) is 0 Å². The van der Waals surface area contributed by atoms with Crippen molar-refractivity contribution in [3.8, 4) is 39.6 Å². The third kappa shape index (κ3) is 4.06. The predicted molar refractivity (Wildman–Crippen MR) is 222 cm³/mol. The normalized spacial score (nSPS) is 14.5. The predicted octanol–water partition coefficient (Wildman–Crippen LogP) is 8.90. The van der Waals surface area contributed by atoms with Crippen LogP contribution in [-0.2, 0) is 5.41 Å². The van der Waals surface area contributed by atoms with Gasteiger partial charge < -0.3 is 0 Å². The van der Waals surface area contributed by atoms with Crippen LogP contribution < -0.4 is 17.6 Å². The van der Waals surface area contributed by atoms with Crippen LogP contribution in [0.2, 0.25) is 0 Å². The Morgan fingerprint density at radius 1 is 0.509 bits per heavy atom. The van der Waals surface area contributed by atoms with Crippen molar-refractivity contribution < 1.29 is 0 Å². The molecule has 9 aromatic rings. The van der Waals surface area contributed by atoms with E-state index in [9.17, 15) is 0 Å². The molecule has 3 heterocycles. The zero-order valence-electron chi connectivity index (χ0n) is 29.6. The molecule has 0 amide bonds. The van der Waals surface area contributed by atoms with Crippen molar-refractivity contribution in [3.05, 3.63) is 187 Å². The fourth-order valence-corrected chi connectivity index (χ4v) is 20.5. The van der Waals surface area contributed by atoms with E-state index >= 15 is 0 Å². The van der Waals surface area contributed by atoms with Gasteiger partial charge in [-0.25, -0.2) is 0 Å². The topological polar surface area (TPSA) is 30.7 Å². The summed E-state index contributed by atoms with van der Waals surface area (Å²) in [5, 5.41) is 2.53. The third-order valence-electron chi connectivity index (χ3n) is 11.9. The second-order valence-corrected chi connectivity index (χ2v) is 22.6. The zero-order valence-corrected chi connectivity index (χ0v) is 31.7. The van der Waals surface area contributed by atoms with E-state index in [4.69, 9.17) is 9.97 Å². The molecule has 0 saturated carbocycles. The Morgan fingerprint density at radius 3 is 1.85 bits per heavy atom.